The van der Waals surface area contributed by atoms with E-state index in [4.69, 9.17) is 16.6 Å². The summed E-state index contributed by atoms with van der Waals surface area (Å²) in [6.07, 6.45) is 14.2. The van der Waals surface area contributed by atoms with E-state index in [0.29, 0.717) is 30.1 Å². The molecule has 2 aliphatic carbocycles. The molecule has 1 unspecified atom stereocenters. The number of nitrogens with zero attached hydrogens (tertiary/aromatic N) is 4. The molecule has 180 valence electrons. The summed E-state index contributed by atoms with van der Waals surface area (Å²) in [7, 11) is 4.78. The van der Waals surface area contributed by atoms with Crippen LogP contribution in [0.5, 0.6) is 0 Å². The van der Waals surface area contributed by atoms with Gasteiger partial charge < -0.3 is 14.4 Å². The Morgan fingerprint density at radius 1 is 1.26 bits per heavy atom. The summed E-state index contributed by atoms with van der Waals surface area (Å²) in [5, 5.41) is 0.266. The van der Waals surface area contributed by atoms with Gasteiger partial charge in [-0.15, -0.1) is 0 Å². The summed E-state index contributed by atoms with van der Waals surface area (Å²) in [5.74, 6) is 0.687. The first-order valence-corrected chi connectivity index (χ1v) is 11.5. The molecule has 2 aliphatic rings. The molecule has 2 amide bonds. The predicted octanol–water partition coefficient (Wildman–Crippen LogP) is 5.06. The number of allylic oxidation sites excluding steroid dienone is 12. The smallest absolute Gasteiger partial charge is 0.273 e. The Morgan fingerprint density at radius 2 is 2.00 bits per heavy atom. The first-order chi connectivity index (χ1) is 16.1. The van der Waals surface area contributed by atoms with E-state index in [2.05, 4.69) is 19.9 Å². The average Bonchev–Trinajstić information content (AvgIpc) is 2.91. The Morgan fingerprint density at radius 3 is 2.65 bits per heavy atom. The summed E-state index contributed by atoms with van der Waals surface area (Å²) >= 11 is 6.42. The second-order valence-electron chi connectivity index (χ2n) is 8.75. The molecule has 34 heavy (non-hydrogen) atoms. The lowest BCUT2D eigenvalue weighted by Gasteiger charge is -2.19. The fourth-order valence-electron chi connectivity index (χ4n) is 3.74. The van der Waals surface area contributed by atoms with Gasteiger partial charge in [0.05, 0.1) is 6.54 Å². The summed E-state index contributed by atoms with van der Waals surface area (Å²) < 4.78 is 16.7. The van der Waals surface area contributed by atoms with E-state index >= 15 is 4.39 Å². The van der Waals surface area contributed by atoms with Crippen LogP contribution in [-0.2, 0) is 11.3 Å². The summed E-state index contributed by atoms with van der Waals surface area (Å²) in [5.41, 5.74) is 2.51. The molecule has 0 radical (unpaired) electrons. The lowest BCUT2D eigenvalue weighted by Crippen LogP contribution is -2.28. The van der Waals surface area contributed by atoms with Crippen molar-refractivity contribution in [3.8, 4) is 0 Å². The van der Waals surface area contributed by atoms with Crippen LogP contribution >= 0.6 is 11.6 Å². The molecule has 1 atom stereocenters. The number of carbonyl (C=O) groups is 2. The number of rotatable bonds is 7. The van der Waals surface area contributed by atoms with Crippen molar-refractivity contribution in [1.29, 1.82) is 0 Å². The molecule has 3 rings (SSSR count). The molecule has 0 saturated heterocycles. The zero-order chi connectivity index (χ0) is 25.0. The minimum atomic E-state index is -1.43. The van der Waals surface area contributed by atoms with Gasteiger partial charge in [0.15, 0.2) is 11.5 Å². The third-order valence-corrected chi connectivity index (χ3v) is 6.10. The van der Waals surface area contributed by atoms with Crippen molar-refractivity contribution in [3.05, 3.63) is 76.3 Å². The third kappa shape index (κ3) is 5.30. The molecule has 0 spiro atoms. The molecule has 1 aromatic heterocycles. The second kappa shape index (κ2) is 10.8. The van der Waals surface area contributed by atoms with Gasteiger partial charge in [-0.3, -0.25) is 9.59 Å². The zero-order valence-electron chi connectivity index (χ0n) is 20.1. The van der Waals surface area contributed by atoms with Crippen LogP contribution in [0.2, 0.25) is 0 Å². The van der Waals surface area contributed by atoms with E-state index in [9.17, 15) is 9.59 Å². The molecule has 0 saturated carbocycles. The van der Waals surface area contributed by atoms with Gasteiger partial charge in [-0.2, -0.15) is 0 Å². The van der Waals surface area contributed by atoms with Gasteiger partial charge in [0, 0.05) is 31.7 Å². The molecule has 1 heterocycles. The molecule has 8 heteroatoms. The van der Waals surface area contributed by atoms with Crippen LogP contribution in [0.3, 0.4) is 0 Å². The van der Waals surface area contributed by atoms with E-state index in [-0.39, 0.29) is 29.0 Å². The zero-order valence-corrected chi connectivity index (χ0v) is 20.9. The average molecular weight is 485 g/mol. The van der Waals surface area contributed by atoms with Crippen LogP contribution < -0.4 is 4.90 Å². The van der Waals surface area contributed by atoms with Crippen molar-refractivity contribution in [2.75, 3.05) is 26.0 Å². The van der Waals surface area contributed by atoms with E-state index in [0.717, 1.165) is 11.1 Å². The molecule has 0 aliphatic heterocycles. The number of halogens is 2. The number of anilines is 1. The molecule has 1 aromatic rings. The number of carbonyl (C=O) groups excluding carboxylic acids is 2. The van der Waals surface area contributed by atoms with Crippen LogP contribution in [0.1, 0.15) is 36.6 Å². The van der Waals surface area contributed by atoms with Gasteiger partial charge in [-0.05, 0) is 35.6 Å². The molecular weight excluding hydrogens is 455 g/mol. The van der Waals surface area contributed by atoms with Crippen LogP contribution in [0.25, 0.3) is 5.57 Å². The van der Waals surface area contributed by atoms with Crippen LogP contribution in [0.15, 0.2) is 64.8 Å². The summed E-state index contributed by atoms with van der Waals surface area (Å²) in [6, 6.07) is 0. The van der Waals surface area contributed by atoms with Crippen molar-refractivity contribution < 1.29 is 14.0 Å². The molecule has 0 bridgehead atoms. The third-order valence-electron chi connectivity index (χ3n) is 5.73. The lowest BCUT2D eigenvalue weighted by molar-refractivity contribution is -0.107. The van der Waals surface area contributed by atoms with Crippen LogP contribution in [0, 0.1) is 5.92 Å². The topological polar surface area (TPSA) is 58.4 Å². The highest BCUT2D eigenvalue weighted by Gasteiger charge is 2.30. The summed E-state index contributed by atoms with van der Waals surface area (Å²) in [4.78, 5) is 32.3. The lowest BCUT2D eigenvalue weighted by atomic mass is 10.0. The van der Waals surface area contributed by atoms with Gasteiger partial charge in [-0.25, -0.2) is 9.37 Å². The Labute approximate surface area is 205 Å². The first-order valence-electron chi connectivity index (χ1n) is 11.1. The molecular formula is C26H30ClFN4O2. The van der Waals surface area contributed by atoms with Gasteiger partial charge >= 0.3 is 0 Å². The van der Waals surface area contributed by atoms with Crippen molar-refractivity contribution in [3.63, 3.8) is 0 Å². The number of imidazole rings is 1. The Balaban J connectivity index is 2.28. The highest BCUT2D eigenvalue weighted by molar-refractivity contribution is 6.31. The van der Waals surface area contributed by atoms with Crippen LogP contribution in [-0.4, -0.2) is 54.1 Å². The van der Waals surface area contributed by atoms with E-state index < -0.39 is 6.17 Å². The normalized spacial score (nSPS) is 17.9. The fourth-order valence-corrected chi connectivity index (χ4v) is 3.98. The number of aromatic nitrogens is 2. The highest BCUT2D eigenvalue weighted by Crippen LogP contribution is 2.32. The molecule has 0 fully saturated rings. The minimum Gasteiger partial charge on any atom is -0.343 e. The molecule has 0 aromatic carbocycles. The SMILES string of the molecule is CC(C)C1=CC=C(c2nc(N(C)C=O)c(C(=O)N(C)C)n2CC2=C(Cl)C=CC=CC2F)CC=C1. The number of alkyl halides is 1. The quantitative estimate of drug-likeness (QED) is 0.508. The van der Waals surface area contributed by atoms with Crippen molar-refractivity contribution in [2.45, 2.75) is 33.0 Å². The maximum absolute atomic E-state index is 15.0. The van der Waals surface area contributed by atoms with E-state index in [1.165, 1.54) is 22.9 Å². The van der Waals surface area contributed by atoms with Gasteiger partial charge in [-0.1, -0.05) is 61.9 Å². The maximum atomic E-state index is 15.0. The fraction of sp³-hybridized carbons (Fsp3) is 0.346. The molecule has 6 nitrogen and oxygen atoms in total. The number of amides is 2. The van der Waals surface area contributed by atoms with Gasteiger partial charge in [0.1, 0.15) is 12.0 Å². The number of hydrogen-bond donors (Lipinski definition) is 0. The maximum Gasteiger partial charge on any atom is 0.273 e. The Bertz CT molecular complexity index is 1150. The minimum absolute atomic E-state index is 0.000427. The summed E-state index contributed by atoms with van der Waals surface area (Å²) in [6.45, 7) is 4.23. The number of hydrogen-bond acceptors (Lipinski definition) is 3. The van der Waals surface area contributed by atoms with Crippen molar-refractivity contribution in [1.82, 2.24) is 14.5 Å². The van der Waals surface area contributed by atoms with Crippen molar-refractivity contribution in [2.24, 2.45) is 5.92 Å². The first kappa shape index (κ1) is 25.4. The Kier molecular flexibility index (Phi) is 8.10. The predicted molar refractivity (Wildman–Crippen MR) is 135 cm³/mol. The van der Waals surface area contributed by atoms with E-state index in [1.54, 1.807) is 36.9 Å². The standard InChI is InChI=1S/C26H30ClFN4O2/c1-17(2)18-9-8-10-19(14-13-18)24-29-25(31(5)16-33)23(26(34)30(3)4)32(24)15-20-21(27)11-6-7-12-22(20)28/h6-9,11-14,16-17,22H,10,15H2,1-5H3. The highest BCUT2D eigenvalue weighted by atomic mass is 35.5. The largest absolute Gasteiger partial charge is 0.343 e. The van der Waals surface area contributed by atoms with E-state index in [1.807, 2.05) is 18.2 Å². The van der Waals surface area contributed by atoms with Gasteiger partial charge in [0.25, 0.3) is 5.91 Å². The van der Waals surface area contributed by atoms with Crippen molar-refractivity contribution >= 4 is 35.3 Å². The second-order valence-corrected chi connectivity index (χ2v) is 9.16. The molecule has 0 N–H and O–H groups in total. The Hall–Kier alpha value is -3.19. The van der Waals surface area contributed by atoms with Gasteiger partial charge in [0.2, 0.25) is 6.41 Å². The van der Waals surface area contributed by atoms with Crippen LogP contribution in [0.4, 0.5) is 10.2 Å². The monoisotopic (exact) mass is 484 g/mol.